The molecule has 2 N–H and O–H groups in total. The highest BCUT2D eigenvalue weighted by molar-refractivity contribution is 5.70. The summed E-state index contributed by atoms with van der Waals surface area (Å²) in [5.74, 6) is -0.305. The summed E-state index contributed by atoms with van der Waals surface area (Å²) in [5, 5.41) is 0. The van der Waals surface area contributed by atoms with Crippen LogP contribution in [0.25, 0.3) is 0 Å². The Bertz CT molecular complexity index is 326. The second kappa shape index (κ2) is 4.72. The second-order valence-electron chi connectivity index (χ2n) is 3.12. The molecule has 4 heteroatoms. The number of pyridine rings is 1. The van der Waals surface area contributed by atoms with Crippen LogP contribution in [0.2, 0.25) is 0 Å². The molecule has 1 aromatic rings. The Kier molecular flexibility index (Phi) is 3.59. The third kappa shape index (κ3) is 2.53. The molecule has 1 atom stereocenters. The van der Waals surface area contributed by atoms with Gasteiger partial charge in [0.25, 0.3) is 0 Å². The lowest BCUT2D eigenvalue weighted by Gasteiger charge is -2.12. The Labute approximate surface area is 83.1 Å². The summed E-state index contributed by atoms with van der Waals surface area (Å²) in [6.45, 7) is 1.94. The van der Waals surface area contributed by atoms with E-state index in [2.05, 4.69) is 9.72 Å². The van der Waals surface area contributed by atoms with Crippen LogP contribution in [0, 0.1) is 6.92 Å². The van der Waals surface area contributed by atoms with E-state index in [1.165, 1.54) is 7.11 Å². The number of aromatic nitrogens is 1. The molecular weight excluding hydrogens is 180 g/mol. The molecule has 0 aromatic carbocycles. The first kappa shape index (κ1) is 10.7. The van der Waals surface area contributed by atoms with Gasteiger partial charge in [-0.3, -0.25) is 9.78 Å². The van der Waals surface area contributed by atoms with Crippen molar-refractivity contribution in [2.45, 2.75) is 19.4 Å². The summed E-state index contributed by atoms with van der Waals surface area (Å²) in [7, 11) is 1.35. The smallest absolute Gasteiger partial charge is 0.307 e. The zero-order valence-corrected chi connectivity index (χ0v) is 8.36. The van der Waals surface area contributed by atoms with Gasteiger partial charge in [0.15, 0.2) is 0 Å². The maximum Gasteiger partial charge on any atom is 0.307 e. The Hall–Kier alpha value is -1.42. The number of ether oxygens (including phenoxy) is 1. The Morgan fingerprint density at radius 1 is 1.71 bits per heavy atom. The number of rotatable bonds is 3. The van der Waals surface area contributed by atoms with Gasteiger partial charge in [0.2, 0.25) is 0 Å². The fraction of sp³-hybridized carbons (Fsp3) is 0.400. The topological polar surface area (TPSA) is 65.2 Å². The van der Waals surface area contributed by atoms with Crippen LogP contribution >= 0.6 is 0 Å². The molecule has 0 saturated carbocycles. The highest BCUT2D eigenvalue weighted by Gasteiger charge is 2.13. The van der Waals surface area contributed by atoms with Gasteiger partial charge in [0, 0.05) is 18.4 Å². The van der Waals surface area contributed by atoms with Crippen LogP contribution in [0.5, 0.6) is 0 Å². The van der Waals surface area contributed by atoms with Gasteiger partial charge in [0.1, 0.15) is 0 Å². The minimum Gasteiger partial charge on any atom is -0.469 e. The molecule has 0 aliphatic heterocycles. The molecule has 4 nitrogen and oxygen atoms in total. The van der Waals surface area contributed by atoms with Crippen LogP contribution < -0.4 is 5.73 Å². The molecule has 14 heavy (non-hydrogen) atoms. The molecule has 0 fully saturated rings. The lowest BCUT2D eigenvalue weighted by Crippen LogP contribution is -2.17. The van der Waals surface area contributed by atoms with Crippen molar-refractivity contribution >= 4 is 5.97 Å². The van der Waals surface area contributed by atoms with E-state index >= 15 is 0 Å². The second-order valence-corrected chi connectivity index (χ2v) is 3.12. The summed E-state index contributed by atoms with van der Waals surface area (Å²) in [5.41, 5.74) is 7.76. The first-order valence-electron chi connectivity index (χ1n) is 4.38. The summed E-state index contributed by atoms with van der Waals surface area (Å²) in [6.07, 6.45) is 3.57. The quantitative estimate of drug-likeness (QED) is 0.727. The van der Waals surface area contributed by atoms with Crippen molar-refractivity contribution in [1.82, 2.24) is 4.98 Å². The van der Waals surface area contributed by atoms with E-state index in [0.29, 0.717) is 0 Å². The molecule has 0 bridgehead atoms. The fourth-order valence-corrected chi connectivity index (χ4v) is 1.24. The average molecular weight is 194 g/mol. The minimum absolute atomic E-state index is 0.184. The lowest BCUT2D eigenvalue weighted by molar-refractivity contribution is -0.141. The number of carbonyl (C=O) groups excluding carboxylic acids is 1. The number of hydrogen-bond donors (Lipinski definition) is 1. The van der Waals surface area contributed by atoms with Crippen LogP contribution in [0.15, 0.2) is 18.5 Å². The summed E-state index contributed by atoms with van der Waals surface area (Å²) < 4.78 is 4.54. The van der Waals surface area contributed by atoms with Crippen molar-refractivity contribution in [3.05, 3.63) is 29.6 Å². The molecule has 0 aliphatic carbocycles. The number of esters is 1. The first-order valence-corrected chi connectivity index (χ1v) is 4.38. The summed E-state index contributed by atoms with van der Waals surface area (Å²) in [4.78, 5) is 15.0. The zero-order chi connectivity index (χ0) is 10.6. The number of methoxy groups -OCH3 is 1. The first-order chi connectivity index (χ1) is 6.65. The van der Waals surface area contributed by atoms with Crippen molar-refractivity contribution in [2.24, 2.45) is 5.73 Å². The Morgan fingerprint density at radius 2 is 2.43 bits per heavy atom. The minimum atomic E-state index is -0.337. The van der Waals surface area contributed by atoms with Gasteiger partial charge in [-0.05, 0) is 24.1 Å². The highest BCUT2D eigenvalue weighted by atomic mass is 16.5. The van der Waals surface area contributed by atoms with E-state index in [9.17, 15) is 4.79 Å². The maximum atomic E-state index is 11.0. The van der Waals surface area contributed by atoms with E-state index in [4.69, 9.17) is 5.73 Å². The van der Waals surface area contributed by atoms with E-state index in [0.717, 1.165) is 11.1 Å². The van der Waals surface area contributed by atoms with E-state index < -0.39 is 0 Å². The normalized spacial score (nSPS) is 12.2. The molecule has 0 amide bonds. The molecule has 0 saturated heterocycles. The summed E-state index contributed by atoms with van der Waals surface area (Å²) >= 11 is 0. The fourth-order valence-electron chi connectivity index (χ4n) is 1.24. The molecule has 0 aliphatic rings. The van der Waals surface area contributed by atoms with Crippen molar-refractivity contribution < 1.29 is 9.53 Å². The van der Waals surface area contributed by atoms with E-state index in [1.54, 1.807) is 12.4 Å². The average Bonchev–Trinajstić information content (AvgIpc) is 2.18. The van der Waals surface area contributed by atoms with Gasteiger partial charge in [0.05, 0.1) is 13.5 Å². The molecule has 1 aromatic heterocycles. The Morgan fingerprint density at radius 3 is 3.00 bits per heavy atom. The molecule has 0 radical (unpaired) electrons. The third-order valence-electron chi connectivity index (χ3n) is 2.09. The van der Waals surface area contributed by atoms with Gasteiger partial charge in [-0.2, -0.15) is 0 Å². The Balaban J connectivity index is 2.74. The number of hydrogen-bond acceptors (Lipinski definition) is 4. The van der Waals surface area contributed by atoms with Crippen LogP contribution in [-0.4, -0.2) is 18.1 Å². The van der Waals surface area contributed by atoms with Crippen LogP contribution in [0.1, 0.15) is 23.6 Å². The predicted molar refractivity (Wildman–Crippen MR) is 52.5 cm³/mol. The lowest BCUT2D eigenvalue weighted by atomic mass is 10.0. The molecule has 1 heterocycles. The van der Waals surface area contributed by atoms with Gasteiger partial charge in [-0.15, -0.1) is 0 Å². The van der Waals surface area contributed by atoms with Crippen molar-refractivity contribution in [3.63, 3.8) is 0 Å². The standard InChI is InChI=1S/C10H14N2O2/c1-7-3-4-12-6-8(7)9(11)5-10(13)14-2/h3-4,6,9H,5,11H2,1-2H3/t9-/m1/s1. The third-order valence-corrected chi connectivity index (χ3v) is 2.09. The van der Waals surface area contributed by atoms with Gasteiger partial charge in [-0.1, -0.05) is 0 Å². The largest absolute Gasteiger partial charge is 0.469 e. The molecule has 1 rings (SSSR count). The molecule has 0 spiro atoms. The van der Waals surface area contributed by atoms with Gasteiger partial charge < -0.3 is 10.5 Å². The molecular formula is C10H14N2O2. The predicted octanol–water partition coefficient (Wildman–Crippen LogP) is 0.953. The number of nitrogens with two attached hydrogens (primary N) is 1. The number of aryl methyl sites for hydroxylation is 1. The van der Waals surface area contributed by atoms with E-state index in [1.807, 2.05) is 13.0 Å². The highest BCUT2D eigenvalue weighted by Crippen LogP contribution is 2.16. The monoisotopic (exact) mass is 194 g/mol. The van der Waals surface area contributed by atoms with Crippen molar-refractivity contribution in [3.8, 4) is 0 Å². The number of nitrogens with zero attached hydrogens (tertiary/aromatic N) is 1. The zero-order valence-electron chi connectivity index (χ0n) is 8.36. The summed E-state index contributed by atoms with van der Waals surface area (Å²) in [6, 6.07) is 1.53. The van der Waals surface area contributed by atoms with Crippen molar-refractivity contribution in [1.29, 1.82) is 0 Å². The van der Waals surface area contributed by atoms with Gasteiger partial charge in [-0.25, -0.2) is 0 Å². The molecule has 76 valence electrons. The van der Waals surface area contributed by atoms with Crippen LogP contribution in [0.3, 0.4) is 0 Å². The van der Waals surface area contributed by atoms with Gasteiger partial charge >= 0.3 is 5.97 Å². The molecule has 0 unspecified atom stereocenters. The van der Waals surface area contributed by atoms with Crippen LogP contribution in [0.4, 0.5) is 0 Å². The SMILES string of the molecule is COC(=O)C[C@@H](N)c1cnccc1C. The van der Waals surface area contributed by atoms with Crippen LogP contribution in [-0.2, 0) is 9.53 Å². The van der Waals surface area contributed by atoms with Crippen molar-refractivity contribution in [2.75, 3.05) is 7.11 Å². The maximum absolute atomic E-state index is 11.0. The van der Waals surface area contributed by atoms with E-state index in [-0.39, 0.29) is 18.4 Å². The number of carbonyl (C=O) groups is 1.